The summed E-state index contributed by atoms with van der Waals surface area (Å²) in [4.78, 5) is 12.2. The Kier molecular flexibility index (Phi) is 8.38. The monoisotopic (exact) mass is 416 g/mol. The Balaban J connectivity index is 1.90. The van der Waals surface area contributed by atoms with Crippen LogP contribution in [0.25, 0.3) is 0 Å². The Hall–Kier alpha value is -1.31. The number of sulfonamides is 1. The van der Waals surface area contributed by atoms with Crippen molar-refractivity contribution in [2.24, 2.45) is 5.92 Å². The van der Waals surface area contributed by atoms with Gasteiger partial charge in [0.05, 0.1) is 9.92 Å². The van der Waals surface area contributed by atoms with Gasteiger partial charge in [-0.3, -0.25) is 4.79 Å². The van der Waals surface area contributed by atoms with E-state index in [9.17, 15) is 13.2 Å². The fraction of sp³-hybridized carbons (Fsp3) is 0.632. The minimum absolute atomic E-state index is 0.0726. The number of carbonyl (C=O) groups excluding carboxylic acids is 1. The number of halogens is 1. The third kappa shape index (κ3) is 7.31. The molecule has 1 aliphatic carbocycles. The van der Waals surface area contributed by atoms with Crippen LogP contribution in [-0.2, 0) is 14.8 Å². The molecule has 1 amide bonds. The molecule has 8 heteroatoms. The Labute approximate surface area is 167 Å². The quantitative estimate of drug-likeness (QED) is 0.635. The Morgan fingerprint density at radius 1 is 1.22 bits per heavy atom. The van der Waals surface area contributed by atoms with E-state index in [2.05, 4.69) is 10.0 Å². The molecule has 1 aromatic carbocycles. The van der Waals surface area contributed by atoms with Crippen LogP contribution in [0.4, 0.5) is 0 Å². The van der Waals surface area contributed by atoms with Gasteiger partial charge in [0, 0.05) is 12.6 Å². The maximum absolute atomic E-state index is 12.2. The molecule has 0 spiro atoms. The molecule has 152 valence electrons. The molecule has 0 heterocycles. The number of hydrogen-bond acceptors (Lipinski definition) is 4. The lowest BCUT2D eigenvalue weighted by Gasteiger charge is -2.17. The van der Waals surface area contributed by atoms with Crippen molar-refractivity contribution in [2.45, 2.75) is 63.3 Å². The van der Waals surface area contributed by atoms with Crippen molar-refractivity contribution in [2.75, 3.05) is 13.2 Å². The molecule has 1 aromatic rings. The zero-order valence-corrected chi connectivity index (χ0v) is 17.5. The Morgan fingerprint density at radius 2 is 1.89 bits per heavy atom. The van der Waals surface area contributed by atoms with Crippen LogP contribution >= 0.6 is 11.6 Å². The molecular weight excluding hydrogens is 388 g/mol. The molecule has 2 rings (SSSR count). The van der Waals surface area contributed by atoms with E-state index in [4.69, 9.17) is 16.3 Å². The molecule has 0 aliphatic heterocycles. The summed E-state index contributed by atoms with van der Waals surface area (Å²) >= 11 is 6.15. The summed E-state index contributed by atoms with van der Waals surface area (Å²) in [6.07, 6.45) is 6.72. The van der Waals surface area contributed by atoms with E-state index in [1.54, 1.807) is 0 Å². The summed E-state index contributed by atoms with van der Waals surface area (Å²) in [5.41, 5.74) is 0. The number of hydrogen-bond donors (Lipinski definition) is 2. The van der Waals surface area contributed by atoms with Crippen molar-refractivity contribution in [1.29, 1.82) is 0 Å². The van der Waals surface area contributed by atoms with Crippen LogP contribution in [0.2, 0.25) is 5.02 Å². The standard InChI is InChI=1S/C19H29ClN2O4S/c1-14(2)12-21-27(24,25)16-9-10-18(17(20)11-16)26-13-19(23)22-15-7-5-3-4-6-8-15/h9-11,14-15,21H,3-8,12-13H2,1-2H3,(H,22,23). The molecule has 1 aliphatic rings. The van der Waals surface area contributed by atoms with Crippen LogP contribution in [0.3, 0.4) is 0 Å². The van der Waals surface area contributed by atoms with Crippen LogP contribution in [0, 0.1) is 5.92 Å². The summed E-state index contributed by atoms with van der Waals surface area (Å²) in [5.74, 6) is 0.300. The zero-order valence-electron chi connectivity index (χ0n) is 16.0. The molecule has 6 nitrogen and oxygen atoms in total. The van der Waals surface area contributed by atoms with E-state index >= 15 is 0 Å². The van der Waals surface area contributed by atoms with Gasteiger partial charge < -0.3 is 10.1 Å². The fourth-order valence-corrected chi connectivity index (χ4v) is 4.50. The van der Waals surface area contributed by atoms with Gasteiger partial charge in [-0.1, -0.05) is 51.1 Å². The maximum atomic E-state index is 12.2. The number of amides is 1. The van der Waals surface area contributed by atoms with Crippen molar-refractivity contribution in [3.63, 3.8) is 0 Å². The van der Waals surface area contributed by atoms with Crippen LogP contribution < -0.4 is 14.8 Å². The van der Waals surface area contributed by atoms with Crippen molar-refractivity contribution in [3.05, 3.63) is 23.2 Å². The Morgan fingerprint density at radius 3 is 2.48 bits per heavy atom. The molecule has 1 fully saturated rings. The minimum atomic E-state index is -3.62. The van der Waals surface area contributed by atoms with Gasteiger partial charge in [-0.25, -0.2) is 13.1 Å². The molecule has 0 aromatic heterocycles. The van der Waals surface area contributed by atoms with E-state index in [1.165, 1.54) is 31.0 Å². The first-order valence-electron chi connectivity index (χ1n) is 9.49. The number of benzene rings is 1. The number of rotatable bonds is 8. The first-order valence-corrected chi connectivity index (χ1v) is 11.4. The number of carbonyl (C=O) groups is 1. The van der Waals surface area contributed by atoms with Crippen LogP contribution in [0.1, 0.15) is 52.4 Å². The molecule has 0 radical (unpaired) electrons. The molecule has 2 N–H and O–H groups in total. The number of nitrogens with one attached hydrogen (secondary N) is 2. The minimum Gasteiger partial charge on any atom is -0.482 e. The van der Waals surface area contributed by atoms with Gasteiger partial charge >= 0.3 is 0 Å². The summed E-state index contributed by atoms with van der Waals surface area (Å²) in [6, 6.07) is 4.44. The topological polar surface area (TPSA) is 84.5 Å². The first kappa shape index (κ1) is 22.0. The molecule has 0 saturated heterocycles. The van der Waals surface area contributed by atoms with Gasteiger partial charge in [0.2, 0.25) is 10.0 Å². The van der Waals surface area contributed by atoms with Crippen LogP contribution in [0.5, 0.6) is 5.75 Å². The van der Waals surface area contributed by atoms with Gasteiger partial charge in [0.1, 0.15) is 5.75 Å². The lowest BCUT2D eigenvalue weighted by molar-refractivity contribution is -0.123. The van der Waals surface area contributed by atoms with Crippen LogP contribution in [0.15, 0.2) is 23.1 Å². The zero-order chi connectivity index (χ0) is 19.9. The van der Waals surface area contributed by atoms with Gasteiger partial charge in [-0.15, -0.1) is 0 Å². The third-order valence-electron chi connectivity index (χ3n) is 4.47. The maximum Gasteiger partial charge on any atom is 0.258 e. The lowest BCUT2D eigenvalue weighted by atomic mass is 10.1. The van der Waals surface area contributed by atoms with Crippen LogP contribution in [-0.4, -0.2) is 33.5 Å². The Bertz CT molecular complexity index is 729. The predicted octanol–water partition coefficient (Wildman–Crippen LogP) is 3.49. The fourth-order valence-electron chi connectivity index (χ4n) is 2.96. The van der Waals surface area contributed by atoms with Gasteiger partial charge in [-0.05, 0) is 37.0 Å². The molecular formula is C19H29ClN2O4S. The lowest BCUT2D eigenvalue weighted by Crippen LogP contribution is -2.37. The first-order chi connectivity index (χ1) is 12.8. The average molecular weight is 417 g/mol. The molecule has 1 saturated carbocycles. The van der Waals surface area contributed by atoms with E-state index in [-0.39, 0.29) is 40.1 Å². The molecule has 0 bridgehead atoms. The molecule has 0 atom stereocenters. The van der Waals surface area contributed by atoms with Crippen molar-refractivity contribution < 1.29 is 17.9 Å². The van der Waals surface area contributed by atoms with E-state index in [0.29, 0.717) is 6.54 Å². The predicted molar refractivity (Wildman–Crippen MR) is 107 cm³/mol. The van der Waals surface area contributed by atoms with E-state index < -0.39 is 10.0 Å². The van der Waals surface area contributed by atoms with Gasteiger partial charge in [0.15, 0.2) is 6.61 Å². The van der Waals surface area contributed by atoms with E-state index in [1.807, 2.05) is 13.8 Å². The normalized spacial score (nSPS) is 16.1. The van der Waals surface area contributed by atoms with Crippen molar-refractivity contribution in [1.82, 2.24) is 10.0 Å². The van der Waals surface area contributed by atoms with Gasteiger partial charge in [-0.2, -0.15) is 0 Å². The second kappa shape index (κ2) is 10.3. The summed E-state index contributed by atoms with van der Waals surface area (Å²) in [6.45, 7) is 4.05. The van der Waals surface area contributed by atoms with E-state index in [0.717, 1.165) is 25.7 Å². The highest BCUT2D eigenvalue weighted by Crippen LogP contribution is 2.27. The van der Waals surface area contributed by atoms with Crippen molar-refractivity contribution in [3.8, 4) is 5.75 Å². The second-order valence-electron chi connectivity index (χ2n) is 7.38. The highest BCUT2D eigenvalue weighted by Gasteiger charge is 2.18. The van der Waals surface area contributed by atoms with Gasteiger partial charge in [0.25, 0.3) is 5.91 Å². The highest BCUT2D eigenvalue weighted by atomic mass is 35.5. The van der Waals surface area contributed by atoms with Crippen molar-refractivity contribution >= 4 is 27.5 Å². The summed E-state index contributed by atoms with van der Waals surface area (Å²) in [7, 11) is -3.62. The summed E-state index contributed by atoms with van der Waals surface area (Å²) in [5, 5.41) is 3.16. The summed E-state index contributed by atoms with van der Waals surface area (Å²) < 4.78 is 32.5. The third-order valence-corrected chi connectivity index (χ3v) is 6.19. The highest BCUT2D eigenvalue weighted by molar-refractivity contribution is 7.89. The average Bonchev–Trinajstić information content (AvgIpc) is 2.87. The smallest absolute Gasteiger partial charge is 0.258 e. The second-order valence-corrected chi connectivity index (χ2v) is 9.56. The molecule has 0 unspecified atom stereocenters. The molecule has 27 heavy (non-hydrogen) atoms. The largest absolute Gasteiger partial charge is 0.482 e. The number of ether oxygens (including phenoxy) is 1. The SMILES string of the molecule is CC(C)CNS(=O)(=O)c1ccc(OCC(=O)NC2CCCCCC2)c(Cl)c1.